The lowest BCUT2D eigenvalue weighted by molar-refractivity contribution is -0.684. The van der Waals surface area contributed by atoms with Crippen LogP contribution < -0.4 is 4.57 Å². The van der Waals surface area contributed by atoms with E-state index in [1.54, 1.807) is 6.92 Å². The number of hydrogen-bond donors (Lipinski definition) is 2. The van der Waals surface area contributed by atoms with Gasteiger partial charge in [0.15, 0.2) is 11.4 Å². The maximum Gasteiger partial charge on any atom is 0.353 e. The maximum absolute atomic E-state index is 12.4. The van der Waals surface area contributed by atoms with Gasteiger partial charge in [-0.15, -0.1) is 11.8 Å². The third-order valence-electron chi connectivity index (χ3n) is 5.48. The summed E-state index contributed by atoms with van der Waals surface area (Å²) in [5.74, 6) is -1.36. The van der Waals surface area contributed by atoms with Gasteiger partial charge in [-0.1, -0.05) is 6.92 Å². The van der Waals surface area contributed by atoms with E-state index in [-0.39, 0.29) is 23.6 Å². The van der Waals surface area contributed by atoms with E-state index < -0.39 is 18.0 Å². The fourth-order valence-electron chi connectivity index (χ4n) is 4.06. The summed E-state index contributed by atoms with van der Waals surface area (Å²) in [5.41, 5.74) is 3.49. The molecule has 1 amide bonds. The number of carbonyl (C=O) groups excluding carboxylic acids is 1. The first-order chi connectivity index (χ1) is 12.1. The number of fused-ring (bicyclic) bond motifs is 1. The number of rotatable bonds is 5. The van der Waals surface area contributed by atoms with Crippen LogP contribution in [0.4, 0.5) is 0 Å². The lowest BCUT2D eigenvalue weighted by atomic mass is 9.79. The SMILES string of the molecule is Cc1cc(C)[n+](C)c(CSC2=C(C(=O)O)N3C(=O)[C@H]([C@@H](C)O)[C@@H]3[C@H]2C)c1. The number of aliphatic hydroxyl groups excluding tert-OH is 1. The van der Waals surface area contributed by atoms with Gasteiger partial charge >= 0.3 is 5.97 Å². The number of carboxylic acid groups (broad SMARTS) is 1. The second-order valence-corrected chi connectivity index (χ2v) is 8.30. The standard InChI is InChI=1S/C19H24N2O4S/c1-9-6-10(2)20(5)13(7-9)8-26-17-11(3)15-14(12(4)22)18(23)21(15)16(17)19(24)25/h6-7,11-12,14-15,22H,8H2,1-5H3/p+1/t11-,12-,14-,15+/m1/s1. The molecule has 0 spiro atoms. The highest BCUT2D eigenvalue weighted by molar-refractivity contribution is 8.02. The minimum absolute atomic E-state index is 0.0847. The number of aliphatic carboxylic acids is 1. The molecule has 0 aromatic carbocycles. The molecule has 1 aromatic heterocycles. The molecule has 0 radical (unpaired) electrons. The first-order valence-electron chi connectivity index (χ1n) is 8.72. The van der Waals surface area contributed by atoms with E-state index >= 15 is 0 Å². The lowest BCUT2D eigenvalue weighted by Crippen LogP contribution is -2.63. The molecule has 26 heavy (non-hydrogen) atoms. The zero-order valence-corrected chi connectivity index (χ0v) is 16.5. The van der Waals surface area contributed by atoms with Gasteiger partial charge in [0.1, 0.15) is 12.7 Å². The molecule has 1 saturated heterocycles. The highest BCUT2D eigenvalue weighted by Gasteiger charge is 2.59. The summed E-state index contributed by atoms with van der Waals surface area (Å²) in [7, 11) is 2.00. The normalized spacial score (nSPS) is 26.0. The Labute approximate surface area is 157 Å². The molecular weight excluding hydrogens is 352 g/mol. The highest BCUT2D eigenvalue weighted by Crippen LogP contribution is 2.50. The van der Waals surface area contributed by atoms with E-state index in [0.717, 1.165) is 21.9 Å². The van der Waals surface area contributed by atoms with Crippen molar-refractivity contribution in [1.82, 2.24) is 4.90 Å². The number of β-lactam (4-membered cyclic amide) rings is 1. The van der Waals surface area contributed by atoms with Crippen LogP contribution in [-0.2, 0) is 22.4 Å². The molecule has 3 heterocycles. The summed E-state index contributed by atoms with van der Waals surface area (Å²) in [6, 6.07) is 3.94. The summed E-state index contributed by atoms with van der Waals surface area (Å²) in [4.78, 5) is 26.3. The Morgan fingerprint density at radius 2 is 2.04 bits per heavy atom. The molecular formula is C19H25N2O4S+. The molecule has 0 aliphatic carbocycles. The number of nitrogens with zero attached hydrogens (tertiary/aromatic N) is 2. The van der Waals surface area contributed by atoms with Crippen molar-refractivity contribution in [2.75, 3.05) is 0 Å². The van der Waals surface area contributed by atoms with Gasteiger partial charge in [0.25, 0.3) is 0 Å². The first kappa shape index (κ1) is 18.9. The van der Waals surface area contributed by atoms with Crippen LogP contribution in [0.1, 0.15) is 30.8 Å². The van der Waals surface area contributed by atoms with Gasteiger partial charge in [-0.2, -0.15) is 0 Å². The van der Waals surface area contributed by atoms with E-state index in [4.69, 9.17) is 0 Å². The van der Waals surface area contributed by atoms with Crippen LogP contribution >= 0.6 is 11.8 Å². The van der Waals surface area contributed by atoms with E-state index in [2.05, 4.69) is 16.7 Å². The third kappa shape index (κ3) is 2.83. The molecule has 2 aliphatic rings. The van der Waals surface area contributed by atoms with Gasteiger partial charge in [0.05, 0.1) is 23.8 Å². The fourth-order valence-corrected chi connectivity index (χ4v) is 5.36. The van der Waals surface area contributed by atoms with Crippen molar-refractivity contribution in [1.29, 1.82) is 0 Å². The Morgan fingerprint density at radius 1 is 1.38 bits per heavy atom. The van der Waals surface area contributed by atoms with Crippen molar-refractivity contribution in [3.05, 3.63) is 39.7 Å². The van der Waals surface area contributed by atoms with Crippen LogP contribution in [0.3, 0.4) is 0 Å². The maximum atomic E-state index is 12.4. The van der Waals surface area contributed by atoms with Crippen LogP contribution in [0.25, 0.3) is 0 Å². The van der Waals surface area contributed by atoms with Crippen molar-refractivity contribution in [3.63, 3.8) is 0 Å². The summed E-state index contributed by atoms with van der Waals surface area (Å²) in [5, 5.41) is 19.6. The van der Waals surface area contributed by atoms with Crippen LogP contribution in [0.5, 0.6) is 0 Å². The molecule has 7 heteroatoms. The van der Waals surface area contributed by atoms with E-state index in [1.807, 2.05) is 27.8 Å². The van der Waals surface area contributed by atoms with Gasteiger partial charge in [-0.25, -0.2) is 9.36 Å². The number of pyridine rings is 1. The van der Waals surface area contributed by atoms with Gasteiger partial charge in [0, 0.05) is 29.9 Å². The van der Waals surface area contributed by atoms with Gasteiger partial charge in [-0.05, 0) is 19.4 Å². The molecule has 2 aliphatic heterocycles. The summed E-state index contributed by atoms with van der Waals surface area (Å²) >= 11 is 1.48. The van der Waals surface area contributed by atoms with Crippen molar-refractivity contribution >= 4 is 23.6 Å². The third-order valence-corrected chi connectivity index (χ3v) is 6.79. The number of carbonyl (C=O) groups is 2. The predicted molar refractivity (Wildman–Crippen MR) is 98.0 cm³/mol. The van der Waals surface area contributed by atoms with Crippen molar-refractivity contribution in [3.8, 4) is 0 Å². The highest BCUT2D eigenvalue weighted by atomic mass is 32.2. The fraction of sp³-hybridized carbons (Fsp3) is 0.526. The number of aryl methyl sites for hydroxylation is 2. The van der Waals surface area contributed by atoms with E-state index in [0.29, 0.717) is 5.75 Å². The molecule has 6 nitrogen and oxygen atoms in total. The van der Waals surface area contributed by atoms with Crippen molar-refractivity contribution in [2.45, 2.75) is 45.6 Å². The van der Waals surface area contributed by atoms with Gasteiger partial charge in [-0.3, -0.25) is 4.79 Å². The molecule has 1 fully saturated rings. The van der Waals surface area contributed by atoms with Crippen LogP contribution in [0, 0.1) is 25.7 Å². The topological polar surface area (TPSA) is 81.7 Å². The molecule has 1 aromatic rings. The Balaban J connectivity index is 1.90. The average Bonchev–Trinajstić information content (AvgIpc) is 2.78. The van der Waals surface area contributed by atoms with Crippen LogP contribution in [0.2, 0.25) is 0 Å². The predicted octanol–water partition coefficient (Wildman–Crippen LogP) is 1.51. The molecule has 2 N–H and O–H groups in total. The van der Waals surface area contributed by atoms with E-state index in [9.17, 15) is 19.8 Å². The summed E-state index contributed by atoms with van der Waals surface area (Å²) < 4.78 is 2.10. The minimum Gasteiger partial charge on any atom is -0.477 e. The molecule has 0 bridgehead atoms. The second kappa shape index (κ2) is 6.70. The quantitative estimate of drug-likeness (QED) is 0.601. The first-order valence-corrected chi connectivity index (χ1v) is 9.71. The number of aromatic nitrogens is 1. The number of carboxylic acids is 1. The zero-order valence-electron chi connectivity index (χ0n) is 15.7. The smallest absolute Gasteiger partial charge is 0.353 e. The van der Waals surface area contributed by atoms with Crippen LogP contribution in [0.15, 0.2) is 22.7 Å². The number of amides is 1. The van der Waals surface area contributed by atoms with Crippen LogP contribution in [-0.4, -0.2) is 39.1 Å². The number of hydrogen-bond acceptors (Lipinski definition) is 4. The molecule has 4 atom stereocenters. The summed E-state index contributed by atoms with van der Waals surface area (Å²) in [6.07, 6.45) is -0.775. The molecule has 0 unspecified atom stereocenters. The number of aliphatic hydroxyl groups is 1. The molecule has 140 valence electrons. The minimum atomic E-state index is -1.08. The Hall–Kier alpha value is -1.86. The van der Waals surface area contributed by atoms with Crippen molar-refractivity contribution < 1.29 is 24.4 Å². The Kier molecular flexibility index (Phi) is 4.88. The summed E-state index contributed by atoms with van der Waals surface area (Å²) in [6.45, 7) is 7.62. The zero-order chi connectivity index (χ0) is 19.3. The van der Waals surface area contributed by atoms with Crippen molar-refractivity contribution in [2.24, 2.45) is 18.9 Å². The van der Waals surface area contributed by atoms with E-state index in [1.165, 1.54) is 16.7 Å². The second-order valence-electron chi connectivity index (χ2n) is 7.29. The lowest BCUT2D eigenvalue weighted by Gasteiger charge is -2.46. The average molecular weight is 377 g/mol. The van der Waals surface area contributed by atoms with Gasteiger partial charge < -0.3 is 15.1 Å². The monoisotopic (exact) mass is 377 g/mol. The Bertz CT molecular complexity index is 818. The van der Waals surface area contributed by atoms with Gasteiger partial charge in [0.2, 0.25) is 5.91 Å². The largest absolute Gasteiger partial charge is 0.477 e. The molecule has 0 saturated carbocycles. The number of thioether (sulfide) groups is 1. The molecule has 3 rings (SSSR count). The Morgan fingerprint density at radius 3 is 2.62 bits per heavy atom.